The fraction of sp³-hybridized carbons (Fsp3) is 0.529. The molecule has 2 atom stereocenters. The van der Waals surface area contributed by atoms with E-state index in [-0.39, 0.29) is 6.61 Å². The van der Waals surface area contributed by atoms with E-state index in [2.05, 4.69) is 10.5 Å². The average Bonchev–Trinajstić information content (AvgIpc) is 2.98. The van der Waals surface area contributed by atoms with Crippen molar-refractivity contribution in [3.8, 4) is 0 Å². The van der Waals surface area contributed by atoms with Gasteiger partial charge in [-0.3, -0.25) is 0 Å². The molecule has 1 aromatic carbocycles. The summed E-state index contributed by atoms with van der Waals surface area (Å²) < 4.78 is 10.8. The second-order valence-electron chi connectivity index (χ2n) is 6.54. The maximum absolute atomic E-state index is 11.8. The summed E-state index contributed by atoms with van der Waals surface area (Å²) in [6, 6.07) is 9.08. The molecule has 1 aliphatic rings. The van der Waals surface area contributed by atoms with Gasteiger partial charge in [0.25, 0.3) is 0 Å². The lowest BCUT2D eigenvalue weighted by Crippen LogP contribution is -2.47. The molecule has 7 nitrogen and oxygen atoms in total. The number of alkyl carbamates (subject to hydrolysis) is 1. The number of ether oxygens (including phenoxy) is 2. The highest BCUT2D eigenvalue weighted by molar-refractivity contribution is 5.77. The van der Waals surface area contributed by atoms with Gasteiger partial charge in [-0.2, -0.15) is 0 Å². The number of amides is 1. The van der Waals surface area contributed by atoms with Crippen LogP contribution < -0.4 is 5.32 Å². The third kappa shape index (κ3) is 5.73. The largest absolute Gasteiger partial charge is 0.474 e. The number of aliphatic hydroxyl groups excluding tert-OH is 1. The van der Waals surface area contributed by atoms with Crippen LogP contribution >= 0.6 is 0 Å². The number of oxime groups is 1. The van der Waals surface area contributed by atoms with E-state index in [1.165, 1.54) is 0 Å². The van der Waals surface area contributed by atoms with Gasteiger partial charge in [0.2, 0.25) is 5.90 Å². The lowest BCUT2D eigenvalue weighted by molar-refractivity contribution is 0.0177. The molecule has 1 amide bonds. The molecule has 24 heavy (non-hydrogen) atoms. The first-order valence-corrected chi connectivity index (χ1v) is 7.87. The SMILES string of the molecule is CC(C)(C)OC(=O)N[C@H](CO)[C@H]1CC(OCc2ccccc2)=NO1. The molecule has 0 radical (unpaired) electrons. The lowest BCUT2D eigenvalue weighted by Gasteiger charge is -2.24. The predicted molar refractivity (Wildman–Crippen MR) is 88.4 cm³/mol. The number of nitrogens with zero attached hydrogens (tertiary/aromatic N) is 1. The van der Waals surface area contributed by atoms with Gasteiger partial charge in [-0.25, -0.2) is 4.79 Å². The Labute approximate surface area is 141 Å². The first-order chi connectivity index (χ1) is 11.4. The summed E-state index contributed by atoms with van der Waals surface area (Å²) in [7, 11) is 0. The van der Waals surface area contributed by atoms with E-state index in [1.807, 2.05) is 30.3 Å². The molecule has 1 heterocycles. The Bertz CT molecular complexity index is 568. The van der Waals surface area contributed by atoms with Crippen LogP contribution in [0.3, 0.4) is 0 Å². The molecule has 2 N–H and O–H groups in total. The summed E-state index contributed by atoms with van der Waals surface area (Å²) in [5, 5.41) is 16.0. The minimum atomic E-state index is -0.624. The van der Waals surface area contributed by atoms with Crippen LogP contribution in [0.5, 0.6) is 0 Å². The van der Waals surface area contributed by atoms with Gasteiger partial charge in [-0.1, -0.05) is 35.5 Å². The summed E-state index contributed by atoms with van der Waals surface area (Å²) in [5.74, 6) is 0.438. The summed E-state index contributed by atoms with van der Waals surface area (Å²) in [4.78, 5) is 17.1. The van der Waals surface area contributed by atoms with Crippen LogP contribution in [0.2, 0.25) is 0 Å². The molecule has 0 saturated heterocycles. The molecule has 7 heteroatoms. The quantitative estimate of drug-likeness (QED) is 0.860. The van der Waals surface area contributed by atoms with E-state index in [4.69, 9.17) is 14.3 Å². The minimum Gasteiger partial charge on any atom is -0.474 e. The second kappa shape index (κ2) is 8.01. The average molecular weight is 336 g/mol. The first kappa shape index (κ1) is 18.1. The van der Waals surface area contributed by atoms with E-state index < -0.39 is 23.8 Å². The molecule has 0 saturated carbocycles. The summed E-state index contributed by atoms with van der Waals surface area (Å²) in [5.41, 5.74) is 0.412. The summed E-state index contributed by atoms with van der Waals surface area (Å²) in [6.07, 6.45) is -0.731. The van der Waals surface area contributed by atoms with Gasteiger partial charge in [-0.15, -0.1) is 0 Å². The van der Waals surface area contributed by atoms with Crippen molar-refractivity contribution in [1.82, 2.24) is 5.32 Å². The van der Waals surface area contributed by atoms with Crippen LogP contribution in [0.15, 0.2) is 35.5 Å². The van der Waals surface area contributed by atoms with Gasteiger partial charge in [0.1, 0.15) is 12.2 Å². The van der Waals surface area contributed by atoms with Crippen LogP contribution in [0, 0.1) is 0 Å². The van der Waals surface area contributed by atoms with Crippen molar-refractivity contribution in [2.24, 2.45) is 5.16 Å². The van der Waals surface area contributed by atoms with Crippen molar-refractivity contribution >= 4 is 12.0 Å². The molecule has 2 rings (SSSR count). The van der Waals surface area contributed by atoms with Gasteiger partial charge in [0, 0.05) is 0 Å². The zero-order chi connectivity index (χ0) is 17.6. The highest BCUT2D eigenvalue weighted by Crippen LogP contribution is 2.17. The lowest BCUT2D eigenvalue weighted by atomic mass is 10.1. The van der Waals surface area contributed by atoms with Crippen molar-refractivity contribution in [1.29, 1.82) is 0 Å². The number of aliphatic hydroxyl groups is 1. The van der Waals surface area contributed by atoms with Crippen LogP contribution in [-0.2, 0) is 20.9 Å². The Morgan fingerprint density at radius 3 is 2.75 bits per heavy atom. The van der Waals surface area contributed by atoms with E-state index in [1.54, 1.807) is 20.8 Å². The normalized spacial score (nSPS) is 18.3. The van der Waals surface area contributed by atoms with Crippen molar-refractivity contribution in [2.45, 2.75) is 51.5 Å². The van der Waals surface area contributed by atoms with E-state index in [9.17, 15) is 9.90 Å². The Balaban J connectivity index is 1.80. The smallest absolute Gasteiger partial charge is 0.408 e. The highest BCUT2D eigenvalue weighted by Gasteiger charge is 2.32. The topological polar surface area (TPSA) is 89.4 Å². The standard InChI is InChI=1S/C17H24N2O5/c1-17(2,3)23-16(21)18-13(10-20)14-9-15(19-24-14)22-11-12-7-5-4-6-8-12/h4-8,13-14,20H,9-11H2,1-3H3,(H,18,21)/t13-,14-/m1/s1. The molecule has 0 aliphatic carbocycles. The number of hydrogen-bond acceptors (Lipinski definition) is 6. The molecule has 0 bridgehead atoms. The predicted octanol–water partition coefficient (Wildman–Crippen LogP) is 2.19. The van der Waals surface area contributed by atoms with Gasteiger partial charge in [0.05, 0.1) is 19.1 Å². The molecular formula is C17H24N2O5. The van der Waals surface area contributed by atoms with Crippen molar-refractivity contribution in [3.63, 3.8) is 0 Å². The van der Waals surface area contributed by atoms with Crippen LogP contribution in [0.1, 0.15) is 32.8 Å². The fourth-order valence-electron chi connectivity index (χ4n) is 2.13. The second-order valence-corrected chi connectivity index (χ2v) is 6.54. The van der Waals surface area contributed by atoms with Gasteiger partial charge < -0.3 is 24.7 Å². The van der Waals surface area contributed by atoms with Gasteiger partial charge >= 0.3 is 6.09 Å². The van der Waals surface area contributed by atoms with E-state index in [0.29, 0.717) is 18.9 Å². The van der Waals surface area contributed by atoms with E-state index in [0.717, 1.165) is 5.56 Å². The number of carbonyl (C=O) groups is 1. The van der Waals surface area contributed by atoms with Gasteiger partial charge in [0.15, 0.2) is 6.10 Å². The third-order valence-corrected chi connectivity index (χ3v) is 3.26. The number of rotatable bonds is 5. The summed E-state index contributed by atoms with van der Waals surface area (Å²) >= 11 is 0. The molecule has 1 aliphatic heterocycles. The maximum Gasteiger partial charge on any atom is 0.408 e. The Morgan fingerprint density at radius 2 is 2.12 bits per heavy atom. The zero-order valence-electron chi connectivity index (χ0n) is 14.2. The summed E-state index contributed by atoms with van der Waals surface area (Å²) in [6.45, 7) is 5.41. The highest BCUT2D eigenvalue weighted by atomic mass is 16.7. The molecular weight excluding hydrogens is 312 g/mol. The molecule has 0 aromatic heterocycles. The number of carbonyl (C=O) groups excluding carboxylic acids is 1. The van der Waals surface area contributed by atoms with Gasteiger partial charge in [-0.05, 0) is 26.3 Å². The monoisotopic (exact) mass is 336 g/mol. The van der Waals surface area contributed by atoms with Crippen LogP contribution in [-0.4, -0.2) is 41.5 Å². The zero-order valence-corrected chi connectivity index (χ0v) is 14.2. The molecule has 0 unspecified atom stereocenters. The van der Waals surface area contributed by atoms with Crippen LogP contribution in [0.25, 0.3) is 0 Å². The number of nitrogens with one attached hydrogen (secondary N) is 1. The Kier molecular flexibility index (Phi) is 6.03. The Morgan fingerprint density at radius 1 is 1.42 bits per heavy atom. The van der Waals surface area contributed by atoms with Crippen LogP contribution in [0.4, 0.5) is 4.79 Å². The minimum absolute atomic E-state index is 0.286. The van der Waals surface area contributed by atoms with E-state index >= 15 is 0 Å². The van der Waals surface area contributed by atoms with Crippen molar-refractivity contribution in [3.05, 3.63) is 35.9 Å². The molecule has 0 spiro atoms. The van der Waals surface area contributed by atoms with Crippen molar-refractivity contribution < 1.29 is 24.2 Å². The number of hydrogen-bond donors (Lipinski definition) is 2. The first-order valence-electron chi connectivity index (χ1n) is 7.87. The maximum atomic E-state index is 11.8. The fourth-order valence-corrected chi connectivity index (χ4v) is 2.13. The molecule has 1 aromatic rings. The molecule has 0 fully saturated rings. The van der Waals surface area contributed by atoms with Crippen molar-refractivity contribution in [2.75, 3.05) is 6.61 Å². The molecule has 132 valence electrons. The Hall–Kier alpha value is -2.28. The third-order valence-electron chi connectivity index (χ3n) is 3.26. The number of benzene rings is 1.